The van der Waals surface area contributed by atoms with Crippen LogP contribution >= 0.6 is 34.7 Å². The molecule has 0 aromatic carbocycles. The first-order chi connectivity index (χ1) is 9.63. The average molecular weight is 334 g/mol. The van der Waals surface area contributed by atoms with E-state index in [2.05, 4.69) is 5.32 Å². The van der Waals surface area contributed by atoms with E-state index in [0.29, 0.717) is 5.75 Å². The number of nitrogens with one attached hydrogen (secondary N) is 1. The van der Waals surface area contributed by atoms with Gasteiger partial charge >= 0.3 is 0 Å². The molecule has 0 bridgehead atoms. The number of halogens is 1. The van der Waals surface area contributed by atoms with Gasteiger partial charge in [-0.15, -0.1) is 23.1 Å². The van der Waals surface area contributed by atoms with E-state index in [9.17, 15) is 9.90 Å². The quantitative estimate of drug-likeness (QED) is 0.838. The fourth-order valence-electron chi connectivity index (χ4n) is 2.56. The summed E-state index contributed by atoms with van der Waals surface area (Å²) in [7, 11) is 0. The first-order valence-electron chi connectivity index (χ1n) is 6.87. The van der Waals surface area contributed by atoms with Crippen molar-refractivity contribution in [3.63, 3.8) is 0 Å². The number of amides is 1. The number of rotatable bonds is 6. The van der Waals surface area contributed by atoms with Crippen molar-refractivity contribution < 1.29 is 9.90 Å². The Kier molecular flexibility index (Phi) is 6.20. The highest BCUT2D eigenvalue weighted by molar-refractivity contribution is 7.99. The third-order valence-electron chi connectivity index (χ3n) is 3.62. The van der Waals surface area contributed by atoms with Crippen molar-refractivity contribution in [2.45, 2.75) is 43.4 Å². The molecule has 1 aliphatic rings. The first kappa shape index (κ1) is 16.1. The smallest absolute Gasteiger partial charge is 0.230 e. The summed E-state index contributed by atoms with van der Waals surface area (Å²) in [6.45, 7) is 0.0456. The van der Waals surface area contributed by atoms with Crippen molar-refractivity contribution in [2.24, 2.45) is 0 Å². The monoisotopic (exact) mass is 333 g/mol. The normalized spacial score (nSPS) is 17.9. The van der Waals surface area contributed by atoms with Gasteiger partial charge < -0.3 is 10.4 Å². The van der Waals surface area contributed by atoms with Gasteiger partial charge in [0.15, 0.2) is 0 Å². The van der Waals surface area contributed by atoms with Crippen LogP contribution in [-0.4, -0.2) is 28.9 Å². The predicted molar refractivity (Wildman–Crippen MR) is 86.5 cm³/mol. The van der Waals surface area contributed by atoms with E-state index in [-0.39, 0.29) is 18.1 Å². The fraction of sp³-hybridized carbons (Fsp3) is 0.643. The molecule has 0 radical (unpaired) electrons. The second kappa shape index (κ2) is 7.69. The number of aliphatic hydroxyl groups is 1. The molecule has 1 amide bonds. The highest BCUT2D eigenvalue weighted by Gasteiger charge is 2.32. The van der Waals surface area contributed by atoms with E-state index in [1.807, 2.05) is 12.1 Å². The lowest BCUT2D eigenvalue weighted by Crippen LogP contribution is -2.53. The molecule has 2 N–H and O–H groups in total. The van der Waals surface area contributed by atoms with Gasteiger partial charge in [0.1, 0.15) is 0 Å². The zero-order valence-electron chi connectivity index (χ0n) is 11.4. The molecule has 112 valence electrons. The molecule has 6 heteroatoms. The van der Waals surface area contributed by atoms with Gasteiger partial charge in [-0.1, -0.05) is 30.9 Å². The van der Waals surface area contributed by atoms with Crippen LogP contribution in [0, 0.1) is 0 Å². The molecule has 1 aromatic heterocycles. The third kappa shape index (κ3) is 4.65. The highest BCUT2D eigenvalue weighted by Crippen LogP contribution is 2.28. The summed E-state index contributed by atoms with van der Waals surface area (Å²) in [6, 6.07) is 3.87. The van der Waals surface area contributed by atoms with Gasteiger partial charge in [-0.3, -0.25) is 4.79 Å². The lowest BCUT2D eigenvalue weighted by atomic mass is 9.82. The minimum Gasteiger partial charge on any atom is -0.394 e. The van der Waals surface area contributed by atoms with Crippen molar-refractivity contribution in [2.75, 3.05) is 12.4 Å². The van der Waals surface area contributed by atoms with Crippen LogP contribution in [0.15, 0.2) is 12.1 Å². The fourth-order valence-corrected chi connectivity index (χ4v) is 4.58. The minimum atomic E-state index is -0.373. The summed E-state index contributed by atoms with van der Waals surface area (Å²) in [5.41, 5.74) is -0.373. The highest BCUT2D eigenvalue weighted by atomic mass is 35.5. The van der Waals surface area contributed by atoms with Crippen LogP contribution in [-0.2, 0) is 10.5 Å². The van der Waals surface area contributed by atoms with E-state index in [1.54, 1.807) is 23.1 Å². The number of thiophene rings is 1. The number of hydrogen-bond acceptors (Lipinski definition) is 4. The maximum Gasteiger partial charge on any atom is 0.230 e. The summed E-state index contributed by atoms with van der Waals surface area (Å²) in [5.74, 6) is 1.25. The molecule has 1 aromatic rings. The van der Waals surface area contributed by atoms with Crippen LogP contribution in [0.1, 0.15) is 37.0 Å². The van der Waals surface area contributed by atoms with E-state index in [4.69, 9.17) is 11.6 Å². The van der Waals surface area contributed by atoms with Gasteiger partial charge in [0.05, 0.1) is 22.2 Å². The molecule has 0 spiro atoms. The maximum atomic E-state index is 12.0. The molecule has 2 rings (SSSR count). The van der Waals surface area contributed by atoms with Gasteiger partial charge in [-0.25, -0.2) is 0 Å². The van der Waals surface area contributed by atoms with Crippen LogP contribution in [0.2, 0.25) is 4.34 Å². The van der Waals surface area contributed by atoms with Crippen molar-refractivity contribution in [3.05, 3.63) is 21.3 Å². The molecule has 20 heavy (non-hydrogen) atoms. The van der Waals surface area contributed by atoms with Crippen LogP contribution in [0.5, 0.6) is 0 Å². The molecule has 0 unspecified atom stereocenters. The maximum absolute atomic E-state index is 12.0. The van der Waals surface area contributed by atoms with Crippen LogP contribution < -0.4 is 5.32 Å². The Morgan fingerprint density at radius 2 is 2.15 bits per heavy atom. The number of hydrogen-bond donors (Lipinski definition) is 2. The Labute approximate surface area is 133 Å². The second-order valence-electron chi connectivity index (χ2n) is 5.25. The van der Waals surface area contributed by atoms with Gasteiger partial charge in [-0.2, -0.15) is 0 Å². The summed E-state index contributed by atoms with van der Waals surface area (Å²) >= 11 is 9.01. The Morgan fingerprint density at radius 1 is 1.40 bits per heavy atom. The van der Waals surface area contributed by atoms with Crippen LogP contribution in [0.4, 0.5) is 0 Å². The SMILES string of the molecule is O=C(CSCc1ccc(Cl)s1)NC1(CO)CCCCC1. The summed E-state index contributed by atoms with van der Waals surface area (Å²) in [5, 5.41) is 12.6. The van der Waals surface area contributed by atoms with Crippen molar-refractivity contribution in [1.29, 1.82) is 0 Å². The molecule has 1 aliphatic carbocycles. The Hall–Kier alpha value is -0.230. The third-order valence-corrected chi connectivity index (χ3v) is 6.02. The average Bonchev–Trinajstić information content (AvgIpc) is 2.85. The van der Waals surface area contributed by atoms with Crippen LogP contribution in [0.3, 0.4) is 0 Å². The molecule has 1 heterocycles. The topological polar surface area (TPSA) is 49.3 Å². The number of thioether (sulfide) groups is 1. The minimum absolute atomic E-state index is 0.0219. The van der Waals surface area contributed by atoms with Crippen molar-refractivity contribution in [3.8, 4) is 0 Å². The summed E-state index contributed by atoms with van der Waals surface area (Å²) in [6.07, 6.45) is 5.15. The molecule has 1 saturated carbocycles. The summed E-state index contributed by atoms with van der Waals surface area (Å²) < 4.78 is 0.784. The number of carbonyl (C=O) groups excluding carboxylic acids is 1. The van der Waals surface area contributed by atoms with Crippen LogP contribution in [0.25, 0.3) is 0 Å². The molecule has 0 aliphatic heterocycles. The van der Waals surface area contributed by atoms with E-state index in [1.165, 1.54) is 11.3 Å². The van der Waals surface area contributed by atoms with Crippen molar-refractivity contribution in [1.82, 2.24) is 5.32 Å². The standard InChI is InChI=1S/C14H20ClNO2S2/c15-12-5-4-11(20-12)8-19-9-13(18)16-14(10-17)6-2-1-3-7-14/h4-5,17H,1-3,6-10H2,(H,16,18). The predicted octanol–water partition coefficient (Wildman–Crippen LogP) is 3.45. The van der Waals surface area contributed by atoms with Gasteiger partial charge in [0.25, 0.3) is 0 Å². The molecule has 1 fully saturated rings. The Morgan fingerprint density at radius 3 is 2.75 bits per heavy atom. The van der Waals surface area contributed by atoms with E-state index < -0.39 is 0 Å². The Balaban J connectivity index is 1.74. The lowest BCUT2D eigenvalue weighted by molar-refractivity contribution is -0.121. The molecule has 0 saturated heterocycles. The van der Waals surface area contributed by atoms with Gasteiger partial charge in [0, 0.05) is 10.6 Å². The van der Waals surface area contributed by atoms with Gasteiger partial charge in [-0.05, 0) is 25.0 Å². The molecule has 0 atom stereocenters. The number of aliphatic hydroxyl groups excluding tert-OH is 1. The Bertz CT molecular complexity index is 444. The van der Waals surface area contributed by atoms with E-state index in [0.717, 1.165) is 35.8 Å². The first-order valence-corrected chi connectivity index (χ1v) is 9.22. The zero-order valence-corrected chi connectivity index (χ0v) is 13.8. The summed E-state index contributed by atoms with van der Waals surface area (Å²) in [4.78, 5) is 13.2. The lowest BCUT2D eigenvalue weighted by Gasteiger charge is -2.36. The second-order valence-corrected chi connectivity index (χ2v) is 8.03. The largest absolute Gasteiger partial charge is 0.394 e. The van der Waals surface area contributed by atoms with E-state index >= 15 is 0 Å². The molecular formula is C14H20ClNO2S2. The molecule has 3 nitrogen and oxygen atoms in total. The van der Waals surface area contributed by atoms with Crippen molar-refractivity contribution >= 4 is 40.6 Å². The zero-order chi connectivity index (χ0) is 14.4. The number of carbonyl (C=O) groups is 1. The van der Waals surface area contributed by atoms with Gasteiger partial charge in [0.2, 0.25) is 5.91 Å². The molecular weight excluding hydrogens is 314 g/mol.